The second kappa shape index (κ2) is 13.5. The molecule has 0 aromatic rings. The van der Waals surface area contributed by atoms with Gasteiger partial charge < -0.3 is 50.2 Å². The third-order valence-corrected chi connectivity index (χ3v) is 3.47. The molecule has 0 spiro atoms. The van der Waals surface area contributed by atoms with Crippen molar-refractivity contribution in [3.63, 3.8) is 0 Å². The Labute approximate surface area is 157 Å². The predicted octanol–water partition coefficient (Wildman–Crippen LogP) is -5.24. The van der Waals surface area contributed by atoms with Crippen LogP contribution in [0.1, 0.15) is 0 Å². The van der Waals surface area contributed by atoms with Crippen LogP contribution in [0.5, 0.6) is 0 Å². The number of hydrogen-bond acceptors (Lipinski definition) is 12. The molecule has 16 nitrogen and oxygen atoms in total. The zero-order valence-corrected chi connectivity index (χ0v) is 15.7. The monoisotopic (exact) mass is 460 g/mol. The molecule has 0 fully saturated rings. The minimum atomic E-state index is -4.77. The quantitative estimate of drug-likeness (QED) is 0.122. The van der Waals surface area contributed by atoms with E-state index >= 15 is 0 Å². The van der Waals surface area contributed by atoms with E-state index in [1.54, 1.807) is 0 Å². The third-order valence-electron chi connectivity index (χ3n) is 2.52. The Kier molecular flexibility index (Phi) is 14.3. The fourth-order valence-corrected chi connectivity index (χ4v) is 1.76. The average molecular weight is 460 g/mol. The summed E-state index contributed by atoms with van der Waals surface area (Å²) in [4.78, 5) is 54.2. The van der Waals surface area contributed by atoms with E-state index in [4.69, 9.17) is 50.2 Å². The van der Waals surface area contributed by atoms with Crippen LogP contribution < -0.4 is 0 Å². The Morgan fingerprint density at radius 1 is 0.750 bits per heavy atom. The maximum absolute atomic E-state index is 10.8. The van der Waals surface area contributed by atoms with Gasteiger partial charge in [0.05, 0.1) is 13.2 Å². The van der Waals surface area contributed by atoms with E-state index in [0.717, 1.165) is 0 Å². The molecule has 18 heteroatoms. The first-order valence-corrected chi connectivity index (χ1v) is 10.0. The van der Waals surface area contributed by atoms with E-state index < -0.39 is 78.1 Å². The molecule has 0 saturated heterocycles. The molecule has 0 aliphatic rings. The molecule has 168 valence electrons. The molecule has 0 aliphatic heterocycles. The molecule has 0 heterocycles. The predicted molar refractivity (Wildman–Crippen MR) is 84.2 cm³/mol. The van der Waals surface area contributed by atoms with Gasteiger partial charge in [0.2, 0.25) is 0 Å². The molecule has 4 unspecified atom stereocenters. The number of phosphoric ester groups is 2. The van der Waals surface area contributed by atoms with Crippen LogP contribution in [0.2, 0.25) is 0 Å². The van der Waals surface area contributed by atoms with Crippen LogP contribution in [0.3, 0.4) is 0 Å². The molecule has 0 bridgehead atoms. The fraction of sp³-hybridized carbons (Fsp3) is 0.800. The Hall–Kier alpha value is -0.680. The summed E-state index contributed by atoms with van der Waals surface area (Å²) in [7, 11) is -9.52. The maximum Gasteiger partial charge on any atom is 0.470 e. The van der Waals surface area contributed by atoms with Gasteiger partial charge >= 0.3 is 15.6 Å². The molecule has 28 heavy (non-hydrogen) atoms. The summed E-state index contributed by atoms with van der Waals surface area (Å²) in [5, 5.41) is 52.1. The lowest BCUT2D eigenvalue weighted by Gasteiger charge is -2.15. The van der Waals surface area contributed by atoms with Crippen LogP contribution in [0, 0.1) is 0 Å². The Bertz CT molecular complexity index is 568. The zero-order chi connectivity index (χ0) is 22.7. The molecule has 0 aromatic heterocycles. The fourth-order valence-electron chi connectivity index (χ4n) is 1.12. The summed E-state index contributed by atoms with van der Waals surface area (Å²) in [5.74, 6) is -2.19. The lowest BCUT2D eigenvalue weighted by Crippen LogP contribution is -2.38. The van der Waals surface area contributed by atoms with E-state index in [2.05, 4.69) is 9.05 Å². The molecule has 4 atom stereocenters. The summed E-state index contributed by atoms with van der Waals surface area (Å²) >= 11 is 0. The highest BCUT2D eigenvalue weighted by molar-refractivity contribution is 7.46. The topological polar surface area (TPSA) is 289 Å². The molecular formula is C10H22O16P2. The van der Waals surface area contributed by atoms with Gasteiger partial charge in [-0.2, -0.15) is 0 Å². The van der Waals surface area contributed by atoms with Crippen molar-refractivity contribution in [2.45, 2.75) is 24.4 Å². The summed E-state index contributed by atoms with van der Waals surface area (Å²) < 4.78 is 27.9. The summed E-state index contributed by atoms with van der Waals surface area (Å²) in [6.45, 7) is -3.77. The van der Waals surface area contributed by atoms with E-state index in [-0.39, 0.29) is 0 Å². The number of ketones is 2. The molecule has 0 rings (SSSR count). The van der Waals surface area contributed by atoms with E-state index in [1.165, 1.54) is 0 Å². The van der Waals surface area contributed by atoms with Gasteiger partial charge in [-0.1, -0.05) is 0 Å². The largest absolute Gasteiger partial charge is 0.470 e. The number of aliphatic hydroxyl groups excluding tert-OH is 6. The van der Waals surface area contributed by atoms with Crippen LogP contribution in [0.25, 0.3) is 0 Å². The molecule has 0 saturated carbocycles. The molecule has 0 aliphatic carbocycles. The van der Waals surface area contributed by atoms with Gasteiger partial charge in [0.15, 0.2) is 11.6 Å². The number of rotatable bonds is 12. The van der Waals surface area contributed by atoms with E-state index in [1.807, 2.05) is 0 Å². The van der Waals surface area contributed by atoms with Crippen LogP contribution in [-0.2, 0) is 27.8 Å². The number of phosphoric acid groups is 2. The summed E-state index contributed by atoms with van der Waals surface area (Å²) in [6.07, 6.45) is -7.33. The maximum atomic E-state index is 10.8. The first kappa shape index (κ1) is 29.5. The number of hydrogen-bond donors (Lipinski definition) is 10. The highest BCUT2D eigenvalue weighted by atomic mass is 31.2. The van der Waals surface area contributed by atoms with Crippen LogP contribution in [0.4, 0.5) is 0 Å². The van der Waals surface area contributed by atoms with Gasteiger partial charge in [0.25, 0.3) is 0 Å². The first-order chi connectivity index (χ1) is 12.6. The third kappa shape index (κ3) is 15.3. The normalized spacial score (nSPS) is 16.4. The second-order valence-corrected chi connectivity index (χ2v) is 7.33. The van der Waals surface area contributed by atoms with E-state index in [9.17, 15) is 18.7 Å². The number of carbonyl (C=O) groups excluding carboxylic acids is 2. The van der Waals surface area contributed by atoms with Crippen molar-refractivity contribution in [2.75, 3.05) is 26.4 Å². The van der Waals surface area contributed by atoms with Gasteiger partial charge in [-0.3, -0.25) is 18.6 Å². The summed E-state index contributed by atoms with van der Waals surface area (Å²) in [6, 6.07) is 0. The highest BCUT2D eigenvalue weighted by Gasteiger charge is 2.27. The number of carbonyl (C=O) groups is 2. The van der Waals surface area contributed by atoms with Crippen molar-refractivity contribution in [1.29, 1.82) is 0 Å². The minimum absolute atomic E-state index is 0.844. The Morgan fingerprint density at radius 3 is 1.54 bits per heavy atom. The van der Waals surface area contributed by atoms with Crippen molar-refractivity contribution in [3.8, 4) is 0 Å². The van der Waals surface area contributed by atoms with Crippen molar-refractivity contribution < 1.29 is 78.0 Å². The van der Waals surface area contributed by atoms with Crippen molar-refractivity contribution in [1.82, 2.24) is 0 Å². The van der Waals surface area contributed by atoms with Gasteiger partial charge in [-0.05, 0) is 0 Å². The zero-order valence-electron chi connectivity index (χ0n) is 14.0. The lowest BCUT2D eigenvalue weighted by atomic mass is 10.1. The second-order valence-electron chi connectivity index (χ2n) is 4.85. The van der Waals surface area contributed by atoms with Crippen LogP contribution >= 0.6 is 15.6 Å². The van der Waals surface area contributed by atoms with Crippen molar-refractivity contribution in [3.05, 3.63) is 0 Å². The van der Waals surface area contributed by atoms with Crippen molar-refractivity contribution >= 4 is 27.2 Å². The lowest BCUT2D eigenvalue weighted by molar-refractivity contribution is -0.137. The molecule has 10 N–H and O–H groups in total. The highest BCUT2D eigenvalue weighted by Crippen LogP contribution is 2.36. The minimum Gasteiger partial charge on any atom is -0.394 e. The number of aliphatic hydroxyl groups is 6. The average Bonchev–Trinajstić information content (AvgIpc) is 2.60. The molecule has 0 amide bonds. The Morgan fingerprint density at radius 2 is 1.18 bits per heavy atom. The van der Waals surface area contributed by atoms with E-state index in [0.29, 0.717) is 0 Å². The number of Topliss-reactive ketones (excluding diaryl/α,β-unsaturated/α-hetero) is 2. The van der Waals surface area contributed by atoms with Gasteiger partial charge in [0, 0.05) is 0 Å². The molecule has 0 aromatic carbocycles. The summed E-state index contributed by atoms with van der Waals surface area (Å²) in [5.41, 5.74) is 0. The van der Waals surface area contributed by atoms with Crippen LogP contribution in [0.15, 0.2) is 0 Å². The SMILES string of the molecule is O=C(CO)C(O)C(O)COP(=O)(O)O.O=C(COP(=O)(O)O)C(O)C(O)CO. The Balaban J connectivity index is 0. The van der Waals surface area contributed by atoms with Gasteiger partial charge in [-0.15, -0.1) is 0 Å². The molecular weight excluding hydrogens is 438 g/mol. The van der Waals surface area contributed by atoms with Crippen molar-refractivity contribution in [2.24, 2.45) is 0 Å². The van der Waals surface area contributed by atoms with Gasteiger partial charge in [0.1, 0.15) is 37.6 Å². The standard InChI is InChI=1S/2C5H11O8P/c2*6-1-3(7)5(9)4(8)2-13-14(10,11)12/h4-6,8-9H,1-2H2,(H2,10,11,12);3,5-7,9H,1-2H2,(H2,10,11,12). The molecule has 0 radical (unpaired) electrons. The van der Waals surface area contributed by atoms with Crippen LogP contribution in [-0.4, -0.2) is 113 Å². The van der Waals surface area contributed by atoms with Gasteiger partial charge in [-0.25, -0.2) is 9.13 Å². The first-order valence-electron chi connectivity index (χ1n) is 6.95. The smallest absolute Gasteiger partial charge is 0.394 e.